The fourth-order valence-corrected chi connectivity index (χ4v) is 2.44. The minimum absolute atomic E-state index is 0.00715. The van der Waals surface area contributed by atoms with Crippen LogP contribution in [0, 0.1) is 5.41 Å². The number of Topliss-reactive ketones (excluding diaryl/α,β-unsaturated/α-hetero) is 1. The smallest absolute Gasteiger partial charge is 0.316 e. The van der Waals surface area contributed by atoms with Crippen LogP contribution < -0.4 is 4.74 Å². The second kappa shape index (κ2) is 8.97. The van der Waals surface area contributed by atoms with Crippen LogP contribution in [0.1, 0.15) is 44.1 Å². The van der Waals surface area contributed by atoms with Crippen LogP contribution in [-0.4, -0.2) is 29.8 Å². The van der Waals surface area contributed by atoms with E-state index in [0.717, 1.165) is 5.56 Å². The van der Waals surface area contributed by atoms with Gasteiger partial charge in [-0.05, 0) is 44.5 Å². The second-order valence-electron chi connectivity index (χ2n) is 7.22. The number of hydrogen-bond acceptors (Lipinski definition) is 6. The molecular formula is C21H22ClNO5. The first kappa shape index (κ1) is 21.6. The number of ether oxygens (including phenoxy) is 2. The van der Waals surface area contributed by atoms with Crippen molar-refractivity contribution in [1.29, 1.82) is 0 Å². The van der Waals surface area contributed by atoms with E-state index in [1.165, 1.54) is 13.3 Å². The quantitative estimate of drug-likeness (QED) is 0.522. The number of halogens is 1. The van der Waals surface area contributed by atoms with Crippen LogP contribution in [0.15, 0.2) is 36.5 Å². The molecule has 0 spiro atoms. The Balaban J connectivity index is 2.41. The minimum atomic E-state index is -0.765. The van der Waals surface area contributed by atoms with Crippen molar-refractivity contribution in [2.75, 3.05) is 7.11 Å². The predicted molar refractivity (Wildman–Crippen MR) is 105 cm³/mol. The lowest BCUT2D eigenvalue weighted by atomic mass is 9.97. The first-order chi connectivity index (χ1) is 13.1. The molecule has 0 saturated heterocycles. The Kier molecular flexibility index (Phi) is 6.91. The monoisotopic (exact) mass is 403 g/mol. The average Bonchev–Trinajstić information content (AvgIpc) is 2.65. The zero-order valence-electron chi connectivity index (χ0n) is 16.2. The molecule has 2 rings (SSSR count). The fourth-order valence-electron chi connectivity index (χ4n) is 2.25. The van der Waals surface area contributed by atoms with Crippen LogP contribution in [0.2, 0.25) is 5.02 Å². The molecule has 0 aliphatic heterocycles. The van der Waals surface area contributed by atoms with Crippen molar-refractivity contribution in [2.45, 2.75) is 33.6 Å². The molecule has 1 heterocycles. The van der Waals surface area contributed by atoms with Crippen molar-refractivity contribution in [3.63, 3.8) is 0 Å². The van der Waals surface area contributed by atoms with Gasteiger partial charge in [0.2, 0.25) is 0 Å². The summed E-state index contributed by atoms with van der Waals surface area (Å²) in [6.45, 7) is 5.13. The van der Waals surface area contributed by atoms with Crippen LogP contribution in [0.3, 0.4) is 0 Å². The van der Waals surface area contributed by atoms with Crippen LogP contribution in [0.4, 0.5) is 0 Å². The van der Waals surface area contributed by atoms with Gasteiger partial charge in [0.15, 0.2) is 11.5 Å². The number of carbonyl (C=O) groups excluding carboxylic acids is 3. The molecule has 6 nitrogen and oxygen atoms in total. The lowest BCUT2D eigenvalue weighted by molar-refractivity contribution is -0.143. The molecule has 0 bridgehead atoms. The molecule has 0 unspecified atom stereocenters. The van der Waals surface area contributed by atoms with Gasteiger partial charge in [-0.2, -0.15) is 0 Å². The van der Waals surface area contributed by atoms with E-state index in [2.05, 4.69) is 9.72 Å². The molecule has 0 atom stereocenters. The van der Waals surface area contributed by atoms with Gasteiger partial charge in [-0.15, -0.1) is 0 Å². The Morgan fingerprint density at radius 3 is 2.39 bits per heavy atom. The number of hydrogen-bond donors (Lipinski definition) is 0. The van der Waals surface area contributed by atoms with Crippen molar-refractivity contribution in [1.82, 2.24) is 4.98 Å². The highest BCUT2D eigenvalue weighted by Crippen LogP contribution is 2.30. The largest absolute Gasteiger partial charge is 0.469 e. The number of carbonyl (C=O) groups is 3. The molecule has 7 heteroatoms. The molecule has 1 aromatic heterocycles. The Morgan fingerprint density at radius 2 is 1.79 bits per heavy atom. The summed E-state index contributed by atoms with van der Waals surface area (Å²) < 4.78 is 10.0. The first-order valence-corrected chi connectivity index (χ1v) is 9.08. The molecule has 1 aromatic carbocycles. The van der Waals surface area contributed by atoms with Crippen molar-refractivity contribution in [3.8, 4) is 16.9 Å². The number of benzene rings is 1. The number of aromatic nitrogens is 1. The van der Waals surface area contributed by atoms with Crippen LogP contribution >= 0.6 is 11.6 Å². The summed E-state index contributed by atoms with van der Waals surface area (Å²) in [4.78, 5) is 40.4. The number of pyridine rings is 1. The summed E-state index contributed by atoms with van der Waals surface area (Å²) in [5.41, 5.74) is 0.635. The number of ketones is 1. The predicted octanol–water partition coefficient (Wildman–Crippen LogP) is 4.49. The highest BCUT2D eigenvalue weighted by molar-refractivity contribution is 6.30. The number of methoxy groups -OCH3 is 1. The number of rotatable bonds is 6. The molecule has 0 N–H and O–H groups in total. The van der Waals surface area contributed by atoms with Gasteiger partial charge >= 0.3 is 11.9 Å². The molecule has 148 valence electrons. The molecule has 0 radical (unpaired) electrons. The average molecular weight is 404 g/mol. The minimum Gasteiger partial charge on any atom is -0.469 e. The van der Waals surface area contributed by atoms with E-state index in [-0.39, 0.29) is 24.3 Å². The van der Waals surface area contributed by atoms with Crippen molar-refractivity contribution in [3.05, 3.63) is 47.2 Å². The van der Waals surface area contributed by atoms with Gasteiger partial charge in [0.05, 0.1) is 18.9 Å². The third-order valence-corrected chi connectivity index (χ3v) is 4.11. The lowest BCUT2D eigenvalue weighted by Crippen LogP contribution is -2.26. The van der Waals surface area contributed by atoms with E-state index in [1.54, 1.807) is 45.0 Å². The molecule has 0 aliphatic rings. The lowest BCUT2D eigenvalue weighted by Gasteiger charge is -2.18. The molecule has 0 saturated carbocycles. The Labute approximate surface area is 168 Å². The molecule has 28 heavy (non-hydrogen) atoms. The van der Waals surface area contributed by atoms with E-state index in [1.807, 2.05) is 6.07 Å². The van der Waals surface area contributed by atoms with E-state index >= 15 is 0 Å². The highest BCUT2D eigenvalue weighted by atomic mass is 35.5. The topological polar surface area (TPSA) is 82.6 Å². The van der Waals surface area contributed by atoms with Gasteiger partial charge in [0.1, 0.15) is 5.69 Å². The Hall–Kier alpha value is -2.73. The van der Waals surface area contributed by atoms with E-state index in [9.17, 15) is 14.4 Å². The maximum Gasteiger partial charge on any atom is 0.316 e. The van der Waals surface area contributed by atoms with Gasteiger partial charge in [-0.1, -0.05) is 23.7 Å². The van der Waals surface area contributed by atoms with Gasteiger partial charge in [-0.3, -0.25) is 14.4 Å². The standard InChI is InChI=1S/C21H22ClNO5/c1-21(2,3)20(26)28-17-11-14(13-6-5-7-15(22)10-13)12-23-19(17)16(24)8-9-18(25)27-4/h5-7,10-12H,8-9H2,1-4H3. The summed E-state index contributed by atoms with van der Waals surface area (Å²) >= 11 is 6.04. The van der Waals surface area contributed by atoms with Gasteiger partial charge in [-0.25, -0.2) is 4.98 Å². The summed E-state index contributed by atoms with van der Waals surface area (Å²) in [5.74, 6) is -1.37. The van der Waals surface area contributed by atoms with Crippen LogP contribution in [0.5, 0.6) is 5.75 Å². The third kappa shape index (κ3) is 5.63. The van der Waals surface area contributed by atoms with Crippen molar-refractivity contribution < 1.29 is 23.9 Å². The van der Waals surface area contributed by atoms with Crippen molar-refractivity contribution >= 4 is 29.3 Å². The third-order valence-electron chi connectivity index (χ3n) is 3.87. The molecule has 2 aromatic rings. The Bertz CT molecular complexity index is 902. The molecule has 0 aliphatic carbocycles. The second-order valence-corrected chi connectivity index (χ2v) is 7.66. The molecule has 0 amide bonds. The van der Waals surface area contributed by atoms with Gasteiger partial charge < -0.3 is 9.47 Å². The number of nitrogens with zero attached hydrogens (tertiary/aromatic N) is 1. The first-order valence-electron chi connectivity index (χ1n) is 8.70. The zero-order chi connectivity index (χ0) is 20.9. The van der Waals surface area contributed by atoms with E-state index < -0.39 is 23.1 Å². The molecule has 0 fully saturated rings. The highest BCUT2D eigenvalue weighted by Gasteiger charge is 2.26. The number of esters is 2. The summed E-state index contributed by atoms with van der Waals surface area (Å²) in [6.07, 6.45) is 1.32. The van der Waals surface area contributed by atoms with Crippen LogP contribution in [0.25, 0.3) is 11.1 Å². The zero-order valence-corrected chi connectivity index (χ0v) is 17.0. The fraction of sp³-hybridized carbons (Fsp3) is 0.333. The Morgan fingerprint density at radius 1 is 1.07 bits per heavy atom. The van der Waals surface area contributed by atoms with Crippen LogP contribution in [-0.2, 0) is 14.3 Å². The van der Waals surface area contributed by atoms with Gasteiger partial charge in [0, 0.05) is 23.2 Å². The maximum absolute atomic E-state index is 12.5. The normalized spacial score (nSPS) is 11.0. The van der Waals surface area contributed by atoms with E-state index in [0.29, 0.717) is 10.6 Å². The maximum atomic E-state index is 12.5. The van der Waals surface area contributed by atoms with Gasteiger partial charge in [0.25, 0.3) is 0 Å². The summed E-state index contributed by atoms with van der Waals surface area (Å²) in [5, 5.41) is 0.545. The van der Waals surface area contributed by atoms with Crippen molar-refractivity contribution in [2.24, 2.45) is 5.41 Å². The SMILES string of the molecule is COC(=O)CCC(=O)c1ncc(-c2cccc(Cl)c2)cc1OC(=O)C(C)(C)C. The molecular weight excluding hydrogens is 382 g/mol. The van der Waals surface area contributed by atoms with E-state index in [4.69, 9.17) is 16.3 Å². The summed E-state index contributed by atoms with van der Waals surface area (Å²) in [6, 6.07) is 8.68. The summed E-state index contributed by atoms with van der Waals surface area (Å²) in [7, 11) is 1.25.